The molecular weight excluding hydrogens is 334 g/mol. The number of urea groups is 1. The van der Waals surface area contributed by atoms with E-state index in [0.717, 1.165) is 40.2 Å². The monoisotopic (exact) mass is 353 g/mol. The third kappa shape index (κ3) is 3.45. The summed E-state index contributed by atoms with van der Waals surface area (Å²) in [5.74, 6) is 0. The lowest BCUT2D eigenvalue weighted by molar-refractivity contribution is 0.123. The molecule has 0 saturated carbocycles. The smallest absolute Gasteiger partial charge is 0.323 e. The zero-order valence-corrected chi connectivity index (χ0v) is 14.5. The summed E-state index contributed by atoms with van der Waals surface area (Å²) in [6.07, 6.45) is 0. The number of nitrogens with one attached hydrogen (secondary N) is 2. The predicted octanol–water partition coefficient (Wildman–Crippen LogP) is 4.38. The van der Waals surface area contributed by atoms with Crippen molar-refractivity contribution < 1.29 is 9.53 Å². The molecule has 4 rings (SSSR count). The lowest BCUT2D eigenvalue weighted by atomic mass is 10.2. The molecule has 5 nitrogen and oxygen atoms in total. The Kier molecular flexibility index (Phi) is 4.54. The van der Waals surface area contributed by atoms with Crippen molar-refractivity contribution >= 4 is 44.5 Å². The third-order valence-corrected chi connectivity index (χ3v) is 5.20. The van der Waals surface area contributed by atoms with E-state index in [-0.39, 0.29) is 6.03 Å². The number of morpholine rings is 1. The van der Waals surface area contributed by atoms with Crippen LogP contribution in [0.1, 0.15) is 0 Å². The largest absolute Gasteiger partial charge is 0.378 e. The summed E-state index contributed by atoms with van der Waals surface area (Å²) in [4.78, 5) is 14.7. The first-order chi connectivity index (χ1) is 12.3. The van der Waals surface area contributed by atoms with Crippen molar-refractivity contribution in [2.45, 2.75) is 0 Å². The van der Waals surface area contributed by atoms with E-state index in [0.29, 0.717) is 13.2 Å². The highest BCUT2D eigenvalue weighted by Gasteiger charge is 2.16. The fraction of sp³-hybridized carbons (Fsp3) is 0.211. The van der Waals surface area contributed by atoms with Crippen LogP contribution in [0.25, 0.3) is 10.1 Å². The van der Waals surface area contributed by atoms with Crippen LogP contribution in [0.15, 0.2) is 53.9 Å². The Morgan fingerprint density at radius 3 is 2.56 bits per heavy atom. The summed E-state index contributed by atoms with van der Waals surface area (Å²) < 4.78 is 6.57. The second kappa shape index (κ2) is 7.13. The number of carbonyl (C=O) groups is 1. The van der Waals surface area contributed by atoms with Gasteiger partial charge in [0, 0.05) is 28.6 Å². The van der Waals surface area contributed by atoms with Gasteiger partial charge in [-0.2, -0.15) is 0 Å². The maximum absolute atomic E-state index is 12.5. The number of para-hydroxylation sites is 2. The molecule has 2 heterocycles. The van der Waals surface area contributed by atoms with Crippen LogP contribution in [-0.2, 0) is 4.74 Å². The first kappa shape index (κ1) is 15.9. The van der Waals surface area contributed by atoms with Gasteiger partial charge in [-0.1, -0.05) is 30.3 Å². The summed E-state index contributed by atoms with van der Waals surface area (Å²) in [5, 5.41) is 8.97. The third-order valence-electron chi connectivity index (χ3n) is 4.23. The Bertz CT molecular complexity index is 887. The molecule has 0 atom stereocenters. The fourth-order valence-electron chi connectivity index (χ4n) is 3.01. The normalized spacial score (nSPS) is 14.5. The molecule has 128 valence electrons. The van der Waals surface area contributed by atoms with E-state index in [1.807, 2.05) is 47.8 Å². The first-order valence-electron chi connectivity index (χ1n) is 8.27. The summed E-state index contributed by atoms with van der Waals surface area (Å²) in [7, 11) is 0. The van der Waals surface area contributed by atoms with E-state index in [4.69, 9.17) is 4.74 Å². The minimum atomic E-state index is -0.232. The average molecular weight is 353 g/mol. The maximum atomic E-state index is 12.5. The second-order valence-corrected chi connectivity index (χ2v) is 6.75. The van der Waals surface area contributed by atoms with E-state index >= 15 is 0 Å². The van der Waals surface area contributed by atoms with Gasteiger partial charge >= 0.3 is 6.03 Å². The zero-order chi connectivity index (χ0) is 17.1. The molecule has 25 heavy (non-hydrogen) atoms. The number of amides is 2. The highest BCUT2D eigenvalue weighted by atomic mass is 32.1. The number of benzene rings is 2. The number of carbonyl (C=O) groups excluding carboxylic acids is 1. The van der Waals surface area contributed by atoms with E-state index in [1.165, 1.54) is 0 Å². The van der Waals surface area contributed by atoms with Gasteiger partial charge in [0.25, 0.3) is 0 Å². The van der Waals surface area contributed by atoms with Gasteiger partial charge in [0.05, 0.1) is 30.3 Å². The molecule has 1 aliphatic rings. The molecule has 0 bridgehead atoms. The number of nitrogens with zero attached hydrogens (tertiary/aromatic N) is 1. The summed E-state index contributed by atoms with van der Waals surface area (Å²) in [6, 6.07) is 15.7. The second-order valence-electron chi connectivity index (χ2n) is 5.84. The number of rotatable bonds is 3. The van der Waals surface area contributed by atoms with Crippen LogP contribution in [0.4, 0.5) is 21.9 Å². The van der Waals surface area contributed by atoms with E-state index in [2.05, 4.69) is 21.6 Å². The van der Waals surface area contributed by atoms with Crippen molar-refractivity contribution in [3.63, 3.8) is 0 Å². The summed E-state index contributed by atoms with van der Waals surface area (Å²) in [6.45, 7) is 3.08. The quantitative estimate of drug-likeness (QED) is 0.735. The SMILES string of the molecule is O=C(Nc1ccccc1N1CCOCC1)Nc1csc2ccccc12. The molecule has 2 aromatic carbocycles. The van der Waals surface area contributed by atoms with Crippen molar-refractivity contribution in [1.29, 1.82) is 0 Å². The lowest BCUT2D eigenvalue weighted by Crippen LogP contribution is -2.36. The maximum Gasteiger partial charge on any atom is 0.323 e. The molecule has 1 aromatic heterocycles. The molecule has 0 radical (unpaired) electrons. The molecular formula is C19H19N3O2S. The van der Waals surface area contributed by atoms with Crippen molar-refractivity contribution in [2.75, 3.05) is 41.8 Å². The minimum Gasteiger partial charge on any atom is -0.378 e. The van der Waals surface area contributed by atoms with Gasteiger partial charge < -0.3 is 20.3 Å². The highest BCUT2D eigenvalue weighted by Crippen LogP contribution is 2.30. The van der Waals surface area contributed by atoms with E-state index in [9.17, 15) is 4.79 Å². The highest BCUT2D eigenvalue weighted by molar-refractivity contribution is 7.17. The van der Waals surface area contributed by atoms with Crippen molar-refractivity contribution in [1.82, 2.24) is 0 Å². The van der Waals surface area contributed by atoms with Gasteiger partial charge in [-0.3, -0.25) is 0 Å². The number of ether oxygens (including phenoxy) is 1. The van der Waals surface area contributed by atoms with Crippen LogP contribution in [-0.4, -0.2) is 32.3 Å². The van der Waals surface area contributed by atoms with Gasteiger partial charge in [0.1, 0.15) is 0 Å². The number of fused-ring (bicyclic) bond motifs is 1. The summed E-state index contributed by atoms with van der Waals surface area (Å²) >= 11 is 1.62. The Labute approximate surface area is 150 Å². The topological polar surface area (TPSA) is 53.6 Å². The van der Waals surface area contributed by atoms with Crippen LogP contribution in [0.3, 0.4) is 0 Å². The first-order valence-corrected chi connectivity index (χ1v) is 9.15. The van der Waals surface area contributed by atoms with Crippen molar-refractivity contribution in [3.05, 3.63) is 53.9 Å². The molecule has 1 saturated heterocycles. The standard InChI is InChI=1S/C19H19N3O2S/c23-19(21-16-13-25-18-8-4-1-5-14(16)18)20-15-6-2-3-7-17(15)22-9-11-24-12-10-22/h1-8,13H,9-12H2,(H2,20,21,23). The Balaban J connectivity index is 1.51. The Morgan fingerprint density at radius 2 is 1.68 bits per heavy atom. The Morgan fingerprint density at radius 1 is 0.960 bits per heavy atom. The summed E-state index contributed by atoms with van der Waals surface area (Å²) in [5.41, 5.74) is 2.67. The van der Waals surface area contributed by atoms with Gasteiger partial charge in [-0.15, -0.1) is 11.3 Å². The molecule has 0 aliphatic carbocycles. The van der Waals surface area contributed by atoms with Gasteiger partial charge in [0.2, 0.25) is 0 Å². The molecule has 3 aromatic rings. The average Bonchev–Trinajstić information content (AvgIpc) is 3.06. The predicted molar refractivity (Wildman–Crippen MR) is 104 cm³/mol. The van der Waals surface area contributed by atoms with Gasteiger partial charge in [-0.25, -0.2) is 4.79 Å². The van der Waals surface area contributed by atoms with E-state index < -0.39 is 0 Å². The van der Waals surface area contributed by atoms with Crippen LogP contribution in [0.2, 0.25) is 0 Å². The van der Waals surface area contributed by atoms with Gasteiger partial charge in [0.15, 0.2) is 0 Å². The van der Waals surface area contributed by atoms with Gasteiger partial charge in [-0.05, 0) is 18.2 Å². The molecule has 0 unspecified atom stereocenters. The van der Waals surface area contributed by atoms with Crippen LogP contribution in [0, 0.1) is 0 Å². The van der Waals surface area contributed by atoms with E-state index in [1.54, 1.807) is 11.3 Å². The van der Waals surface area contributed by atoms with Crippen molar-refractivity contribution in [3.8, 4) is 0 Å². The number of thiophene rings is 1. The molecule has 2 N–H and O–H groups in total. The molecule has 0 spiro atoms. The zero-order valence-electron chi connectivity index (χ0n) is 13.7. The molecule has 1 fully saturated rings. The number of anilines is 3. The molecule has 2 amide bonds. The number of hydrogen-bond acceptors (Lipinski definition) is 4. The fourth-order valence-corrected chi connectivity index (χ4v) is 3.90. The van der Waals surface area contributed by atoms with Crippen LogP contribution in [0.5, 0.6) is 0 Å². The van der Waals surface area contributed by atoms with Crippen LogP contribution < -0.4 is 15.5 Å². The molecule has 6 heteroatoms. The molecule has 1 aliphatic heterocycles. The number of hydrogen-bond donors (Lipinski definition) is 2. The lowest BCUT2D eigenvalue weighted by Gasteiger charge is -2.30. The van der Waals surface area contributed by atoms with Crippen LogP contribution >= 0.6 is 11.3 Å². The Hall–Kier alpha value is -2.57. The minimum absolute atomic E-state index is 0.232. The van der Waals surface area contributed by atoms with Crippen molar-refractivity contribution in [2.24, 2.45) is 0 Å².